The van der Waals surface area contributed by atoms with Gasteiger partial charge < -0.3 is 10.6 Å². The van der Waals surface area contributed by atoms with Crippen molar-refractivity contribution in [3.63, 3.8) is 0 Å². The van der Waals surface area contributed by atoms with E-state index in [4.69, 9.17) is 0 Å². The Morgan fingerprint density at radius 2 is 1.93 bits per heavy atom. The average molecular weight is 424 g/mol. The van der Waals surface area contributed by atoms with Crippen molar-refractivity contribution in [1.29, 1.82) is 0 Å². The molecule has 0 bridgehead atoms. The van der Waals surface area contributed by atoms with Crippen LogP contribution in [0.2, 0.25) is 0 Å². The Bertz CT molecular complexity index is 914. The second-order valence-corrected chi connectivity index (χ2v) is 10.4. The number of benzene rings is 1. The molecule has 0 aliphatic rings. The van der Waals surface area contributed by atoms with Crippen molar-refractivity contribution in [2.45, 2.75) is 51.1 Å². The number of nitrogens with one attached hydrogen (secondary N) is 3. The maximum Gasteiger partial charge on any atom is 0.241 e. The van der Waals surface area contributed by atoms with E-state index in [-0.39, 0.29) is 4.90 Å². The zero-order chi connectivity index (χ0) is 20.8. The lowest BCUT2D eigenvalue weighted by atomic mass is 10.1. The molecule has 0 atom stereocenters. The largest absolute Gasteiger partial charge is 0.356 e. The highest BCUT2D eigenvalue weighted by atomic mass is 32.2. The van der Waals surface area contributed by atoms with Gasteiger partial charge in [-0.15, -0.1) is 11.3 Å². The second-order valence-electron chi connectivity index (χ2n) is 7.43. The van der Waals surface area contributed by atoms with Gasteiger partial charge in [0.1, 0.15) is 0 Å². The number of sulfonamides is 1. The van der Waals surface area contributed by atoms with Gasteiger partial charge in [0.05, 0.1) is 9.90 Å². The summed E-state index contributed by atoms with van der Waals surface area (Å²) in [5, 5.41) is 7.49. The van der Waals surface area contributed by atoms with Crippen molar-refractivity contribution >= 4 is 27.3 Å². The molecule has 0 aliphatic carbocycles. The first-order valence-corrected chi connectivity index (χ1v) is 11.4. The van der Waals surface area contributed by atoms with Crippen LogP contribution in [0.3, 0.4) is 0 Å². The molecule has 0 unspecified atom stereocenters. The number of aryl methyl sites for hydroxylation is 1. The smallest absolute Gasteiger partial charge is 0.241 e. The maximum atomic E-state index is 12.7. The van der Waals surface area contributed by atoms with Gasteiger partial charge in [-0.3, -0.25) is 4.99 Å². The summed E-state index contributed by atoms with van der Waals surface area (Å²) in [5.41, 5.74) is 0.128. The number of hydrogen-bond acceptors (Lipinski definition) is 5. The summed E-state index contributed by atoms with van der Waals surface area (Å²) in [5.74, 6) is 0.615. The fraction of sp³-hybridized carbons (Fsp3) is 0.474. The van der Waals surface area contributed by atoms with Crippen molar-refractivity contribution < 1.29 is 8.42 Å². The number of nitrogens with zero attached hydrogens (tertiary/aromatic N) is 2. The summed E-state index contributed by atoms with van der Waals surface area (Å²) in [6.07, 6.45) is 2.68. The molecule has 154 valence electrons. The summed E-state index contributed by atoms with van der Waals surface area (Å²) in [4.78, 5) is 10.0. The molecule has 0 radical (unpaired) electrons. The lowest BCUT2D eigenvalue weighted by Gasteiger charge is -2.22. The van der Waals surface area contributed by atoms with Crippen molar-refractivity contribution in [3.8, 4) is 0 Å². The normalized spacial score (nSPS) is 12.8. The van der Waals surface area contributed by atoms with Crippen molar-refractivity contribution in [2.24, 2.45) is 4.99 Å². The first-order chi connectivity index (χ1) is 13.1. The molecule has 1 heterocycles. The van der Waals surface area contributed by atoms with Gasteiger partial charge in [0.15, 0.2) is 5.96 Å². The molecule has 0 spiro atoms. The molecule has 28 heavy (non-hydrogen) atoms. The third-order valence-corrected chi connectivity index (χ3v) is 6.50. The predicted molar refractivity (Wildman–Crippen MR) is 115 cm³/mol. The molecule has 2 aromatic rings. The van der Waals surface area contributed by atoms with Gasteiger partial charge in [0.2, 0.25) is 10.0 Å². The van der Waals surface area contributed by atoms with E-state index >= 15 is 0 Å². The van der Waals surface area contributed by atoms with E-state index in [2.05, 4.69) is 25.3 Å². The number of hydrogen-bond donors (Lipinski definition) is 3. The zero-order valence-electron chi connectivity index (χ0n) is 17.0. The topological polar surface area (TPSA) is 95.5 Å². The Balaban J connectivity index is 1.99. The van der Waals surface area contributed by atoms with E-state index in [1.807, 2.05) is 40.0 Å². The molecule has 0 fully saturated rings. The van der Waals surface area contributed by atoms with Crippen LogP contribution < -0.4 is 15.4 Å². The van der Waals surface area contributed by atoms with Crippen LogP contribution in [0, 0.1) is 6.92 Å². The molecule has 0 saturated heterocycles. The van der Waals surface area contributed by atoms with Gasteiger partial charge in [-0.2, -0.15) is 0 Å². The van der Waals surface area contributed by atoms with Crippen LogP contribution in [0.15, 0.2) is 40.4 Å². The SMILES string of the molecule is CN=C(NCCc1ncc(C)s1)NCc1ccccc1S(=O)(=O)NC(C)(C)C. The van der Waals surface area contributed by atoms with E-state index in [0.29, 0.717) is 24.6 Å². The Hall–Kier alpha value is -1.97. The molecule has 3 N–H and O–H groups in total. The molecule has 7 nitrogen and oxygen atoms in total. The monoisotopic (exact) mass is 423 g/mol. The second kappa shape index (κ2) is 9.49. The summed E-state index contributed by atoms with van der Waals surface area (Å²) < 4.78 is 28.1. The molecular formula is C19H29N5O2S2. The van der Waals surface area contributed by atoms with Crippen LogP contribution in [0.1, 0.15) is 36.2 Å². The zero-order valence-corrected chi connectivity index (χ0v) is 18.7. The van der Waals surface area contributed by atoms with Crippen LogP contribution in [0.4, 0.5) is 0 Å². The molecule has 1 aromatic carbocycles. The lowest BCUT2D eigenvalue weighted by Crippen LogP contribution is -2.41. The van der Waals surface area contributed by atoms with E-state index in [1.54, 1.807) is 36.6 Å². The van der Waals surface area contributed by atoms with Gasteiger partial charge in [0.25, 0.3) is 0 Å². The highest BCUT2D eigenvalue weighted by molar-refractivity contribution is 7.89. The van der Waals surface area contributed by atoms with Crippen LogP contribution >= 0.6 is 11.3 Å². The molecule has 0 amide bonds. The Morgan fingerprint density at radius 3 is 2.54 bits per heavy atom. The van der Waals surface area contributed by atoms with E-state index in [0.717, 1.165) is 11.4 Å². The highest BCUT2D eigenvalue weighted by Gasteiger charge is 2.24. The number of aliphatic imine (C=N–C) groups is 1. The summed E-state index contributed by atoms with van der Waals surface area (Å²) in [7, 11) is -1.92. The van der Waals surface area contributed by atoms with E-state index in [9.17, 15) is 8.42 Å². The highest BCUT2D eigenvalue weighted by Crippen LogP contribution is 2.17. The predicted octanol–water partition coefficient (Wildman–Crippen LogP) is 2.44. The minimum absolute atomic E-state index is 0.270. The van der Waals surface area contributed by atoms with Gasteiger partial charge in [-0.1, -0.05) is 18.2 Å². The average Bonchev–Trinajstić information content (AvgIpc) is 3.01. The van der Waals surface area contributed by atoms with Crippen LogP contribution in [-0.2, 0) is 23.0 Å². The maximum absolute atomic E-state index is 12.7. The van der Waals surface area contributed by atoms with E-state index < -0.39 is 15.6 Å². The minimum Gasteiger partial charge on any atom is -0.356 e. The fourth-order valence-electron chi connectivity index (χ4n) is 2.57. The summed E-state index contributed by atoms with van der Waals surface area (Å²) in [6, 6.07) is 6.97. The standard InChI is InChI=1S/C19H29N5O2S2/c1-14-12-22-17(27-14)10-11-21-18(20-5)23-13-15-8-6-7-9-16(15)28(25,26)24-19(2,3)4/h6-9,12,24H,10-11,13H2,1-5H3,(H2,20,21,23). The van der Waals surface area contributed by atoms with Gasteiger partial charge in [0, 0.05) is 43.2 Å². The number of guanidine groups is 1. The van der Waals surface area contributed by atoms with Crippen LogP contribution in [0.25, 0.3) is 0 Å². The van der Waals surface area contributed by atoms with Crippen LogP contribution in [-0.4, -0.2) is 38.5 Å². The molecule has 1 aromatic heterocycles. The van der Waals surface area contributed by atoms with Crippen LogP contribution in [0.5, 0.6) is 0 Å². The fourth-order valence-corrected chi connectivity index (χ4v) is 5.02. The first kappa shape index (κ1) is 22.3. The first-order valence-electron chi connectivity index (χ1n) is 9.08. The molecule has 2 rings (SSSR count). The molecule has 0 saturated carbocycles. The number of rotatable bonds is 7. The Kier molecular flexibility index (Phi) is 7.56. The van der Waals surface area contributed by atoms with Gasteiger partial charge in [-0.05, 0) is 39.3 Å². The summed E-state index contributed by atoms with van der Waals surface area (Å²) in [6.45, 7) is 8.54. The molecule has 9 heteroatoms. The van der Waals surface area contributed by atoms with Gasteiger partial charge >= 0.3 is 0 Å². The lowest BCUT2D eigenvalue weighted by molar-refractivity contribution is 0.491. The van der Waals surface area contributed by atoms with Gasteiger partial charge in [-0.25, -0.2) is 18.1 Å². The van der Waals surface area contributed by atoms with Crippen molar-refractivity contribution in [3.05, 3.63) is 45.9 Å². The van der Waals surface area contributed by atoms with Crippen molar-refractivity contribution in [2.75, 3.05) is 13.6 Å². The molecular weight excluding hydrogens is 394 g/mol. The summed E-state index contributed by atoms with van der Waals surface area (Å²) >= 11 is 1.68. The van der Waals surface area contributed by atoms with E-state index in [1.165, 1.54) is 4.88 Å². The number of thiazole rings is 1. The Labute approximate surface area is 171 Å². The minimum atomic E-state index is -3.61. The third-order valence-electron chi connectivity index (χ3n) is 3.67. The Morgan fingerprint density at radius 1 is 1.21 bits per heavy atom. The van der Waals surface area contributed by atoms with Crippen molar-refractivity contribution in [1.82, 2.24) is 20.3 Å². The quantitative estimate of drug-likeness (QED) is 0.470. The third kappa shape index (κ3) is 6.88. The molecule has 0 aliphatic heterocycles. The number of aromatic nitrogens is 1.